The number of piperazine rings is 1. The molecule has 10 heteroatoms. The number of hydrogen-bond acceptors (Lipinski definition) is 7. The molecular formula is C24H26FN9. The average Bonchev–Trinajstić information content (AvgIpc) is 3.30. The maximum absolute atomic E-state index is 14.3. The van der Waals surface area contributed by atoms with Crippen LogP contribution in [0.15, 0.2) is 66.2 Å². The van der Waals surface area contributed by atoms with Crippen molar-refractivity contribution in [2.45, 2.75) is 13.0 Å². The zero-order valence-corrected chi connectivity index (χ0v) is 18.7. The Bertz CT molecular complexity index is 1350. The Labute approximate surface area is 196 Å². The van der Waals surface area contributed by atoms with Crippen molar-refractivity contribution in [3.63, 3.8) is 0 Å². The molecule has 0 aliphatic carbocycles. The maximum Gasteiger partial charge on any atom is 0.169 e. The molecule has 9 nitrogen and oxygen atoms in total. The number of halogens is 1. The van der Waals surface area contributed by atoms with E-state index >= 15 is 0 Å². The van der Waals surface area contributed by atoms with Crippen molar-refractivity contribution in [2.75, 3.05) is 24.5 Å². The van der Waals surface area contributed by atoms with Gasteiger partial charge in [-0.3, -0.25) is 0 Å². The van der Waals surface area contributed by atoms with E-state index in [-0.39, 0.29) is 11.4 Å². The molecule has 1 saturated heterocycles. The summed E-state index contributed by atoms with van der Waals surface area (Å²) in [5, 5.41) is 11.4. The predicted octanol–water partition coefficient (Wildman–Crippen LogP) is 2.08. The fourth-order valence-electron chi connectivity index (χ4n) is 4.36. The van der Waals surface area contributed by atoms with Gasteiger partial charge < -0.3 is 21.5 Å². The van der Waals surface area contributed by atoms with E-state index in [1.807, 2.05) is 12.4 Å². The van der Waals surface area contributed by atoms with Crippen molar-refractivity contribution in [1.82, 2.24) is 25.3 Å². The second-order valence-electron chi connectivity index (χ2n) is 8.28. The van der Waals surface area contributed by atoms with Crippen LogP contribution in [0.3, 0.4) is 0 Å². The molecule has 5 rings (SSSR count). The number of hydrazone groups is 1. The smallest absolute Gasteiger partial charge is 0.169 e. The van der Waals surface area contributed by atoms with Crippen molar-refractivity contribution in [3.05, 3.63) is 72.4 Å². The van der Waals surface area contributed by atoms with Crippen molar-refractivity contribution < 1.29 is 4.39 Å². The van der Waals surface area contributed by atoms with E-state index in [1.165, 1.54) is 11.8 Å². The Hall–Kier alpha value is -4.02. The van der Waals surface area contributed by atoms with Crippen molar-refractivity contribution in [3.8, 4) is 22.3 Å². The van der Waals surface area contributed by atoms with Crippen LogP contribution in [0.1, 0.15) is 12.5 Å². The highest BCUT2D eigenvalue weighted by Crippen LogP contribution is 2.28. The molecule has 4 aromatic rings. The van der Waals surface area contributed by atoms with E-state index in [1.54, 1.807) is 22.8 Å². The monoisotopic (exact) mass is 459 g/mol. The fraction of sp³-hybridized carbons (Fsp3) is 0.208. The van der Waals surface area contributed by atoms with E-state index in [0.29, 0.717) is 11.7 Å². The number of nitrogens with zero attached hydrogens (tertiary/aromatic N) is 5. The summed E-state index contributed by atoms with van der Waals surface area (Å²) in [6.07, 6.45) is 5.46. The predicted molar refractivity (Wildman–Crippen MR) is 132 cm³/mol. The van der Waals surface area contributed by atoms with Crippen LogP contribution in [0, 0.1) is 5.82 Å². The lowest BCUT2D eigenvalue weighted by Crippen LogP contribution is -2.49. The number of anilines is 1. The minimum atomic E-state index is -0.490. The summed E-state index contributed by atoms with van der Waals surface area (Å²) < 4.78 is 16.0. The van der Waals surface area contributed by atoms with Crippen molar-refractivity contribution in [1.29, 1.82) is 0 Å². The van der Waals surface area contributed by atoms with E-state index in [9.17, 15) is 4.39 Å². The average molecular weight is 460 g/mol. The van der Waals surface area contributed by atoms with E-state index in [2.05, 4.69) is 62.0 Å². The molecule has 1 unspecified atom stereocenters. The lowest BCUT2D eigenvalue weighted by molar-refractivity contribution is 0.501. The topological polar surface area (TPSA) is 122 Å². The summed E-state index contributed by atoms with van der Waals surface area (Å²) >= 11 is 0. The van der Waals surface area contributed by atoms with Crippen LogP contribution in [0.4, 0.5) is 10.1 Å². The summed E-state index contributed by atoms with van der Waals surface area (Å²) in [7, 11) is 0. The lowest BCUT2D eigenvalue weighted by atomic mass is 10.0. The van der Waals surface area contributed by atoms with Gasteiger partial charge in [-0.1, -0.05) is 18.2 Å². The molecule has 0 bridgehead atoms. The van der Waals surface area contributed by atoms with Crippen LogP contribution in [0.2, 0.25) is 0 Å². The largest absolute Gasteiger partial charge is 0.366 e. The molecule has 1 aliphatic heterocycles. The van der Waals surface area contributed by atoms with Gasteiger partial charge in [-0.05, 0) is 42.3 Å². The number of benzene rings is 2. The second kappa shape index (κ2) is 9.08. The van der Waals surface area contributed by atoms with Gasteiger partial charge in [-0.15, -0.1) is 0 Å². The number of aromatic nitrogens is 3. The number of amidine groups is 1. The molecule has 1 atom stereocenters. The molecule has 3 heterocycles. The molecular weight excluding hydrogens is 433 g/mol. The Balaban J connectivity index is 1.45. The van der Waals surface area contributed by atoms with Crippen LogP contribution >= 0.6 is 0 Å². The van der Waals surface area contributed by atoms with Gasteiger partial charge >= 0.3 is 0 Å². The fourth-order valence-corrected chi connectivity index (χ4v) is 4.36. The maximum atomic E-state index is 14.3. The molecule has 6 N–H and O–H groups in total. The lowest BCUT2D eigenvalue weighted by Gasteiger charge is -2.36. The number of hydrazine groups is 1. The Kier molecular flexibility index (Phi) is 5.83. The molecule has 0 radical (unpaired) electrons. The Morgan fingerprint density at radius 3 is 2.68 bits per heavy atom. The standard InChI is InChI=1S/C24H26FN9/c1-15-11-28-8-9-33(15)19-5-2-16(3-6-19)18-12-29-24-21(13-30-34(24)14-18)17-4-7-22(25)20(10-17)23(31-26)32-27/h2-7,10,12-15,28H,8-9,11,26-27H2,1H3,(H,31,32). The highest BCUT2D eigenvalue weighted by atomic mass is 19.1. The van der Waals surface area contributed by atoms with E-state index < -0.39 is 5.82 Å². The normalized spacial score (nSPS) is 16.7. The van der Waals surface area contributed by atoms with Gasteiger partial charge in [0.25, 0.3) is 0 Å². The summed E-state index contributed by atoms with van der Waals surface area (Å²) in [6.45, 7) is 5.21. The van der Waals surface area contributed by atoms with Crippen LogP contribution in [0.5, 0.6) is 0 Å². The van der Waals surface area contributed by atoms with Crippen molar-refractivity contribution >= 4 is 17.2 Å². The van der Waals surface area contributed by atoms with Crippen LogP contribution < -0.4 is 27.3 Å². The minimum absolute atomic E-state index is 0.0460. The zero-order valence-electron chi connectivity index (χ0n) is 18.7. The third kappa shape index (κ3) is 3.93. The number of nitrogens with one attached hydrogen (secondary N) is 2. The summed E-state index contributed by atoms with van der Waals surface area (Å²) in [6, 6.07) is 13.6. The quantitative estimate of drug-likeness (QED) is 0.160. The first-order chi connectivity index (χ1) is 16.6. The summed E-state index contributed by atoms with van der Waals surface area (Å²) in [4.78, 5) is 7.06. The van der Waals surface area contributed by atoms with Gasteiger partial charge in [0.15, 0.2) is 11.5 Å². The third-order valence-corrected chi connectivity index (χ3v) is 6.19. The highest BCUT2D eigenvalue weighted by Gasteiger charge is 2.18. The van der Waals surface area contributed by atoms with Gasteiger partial charge in [0.2, 0.25) is 0 Å². The first kappa shape index (κ1) is 21.8. The molecule has 1 aliphatic rings. The number of rotatable bonds is 4. The first-order valence-electron chi connectivity index (χ1n) is 11.0. The first-order valence-corrected chi connectivity index (χ1v) is 11.0. The number of hydrogen-bond donors (Lipinski definition) is 4. The molecule has 174 valence electrons. The second-order valence-corrected chi connectivity index (χ2v) is 8.28. The molecule has 0 spiro atoms. The molecule has 2 aromatic heterocycles. The van der Waals surface area contributed by atoms with Gasteiger partial charge in [0, 0.05) is 54.9 Å². The van der Waals surface area contributed by atoms with E-state index in [4.69, 9.17) is 11.7 Å². The summed E-state index contributed by atoms with van der Waals surface area (Å²) in [5.74, 6) is 10.3. The molecule has 1 fully saturated rings. The highest BCUT2D eigenvalue weighted by molar-refractivity contribution is 5.99. The van der Waals surface area contributed by atoms with Gasteiger partial charge in [-0.2, -0.15) is 10.2 Å². The van der Waals surface area contributed by atoms with Gasteiger partial charge in [0.05, 0.1) is 11.8 Å². The third-order valence-electron chi connectivity index (χ3n) is 6.19. The number of fused-ring (bicyclic) bond motifs is 1. The van der Waals surface area contributed by atoms with E-state index in [0.717, 1.165) is 41.9 Å². The number of nitrogens with two attached hydrogens (primary N) is 2. The Morgan fingerprint density at radius 1 is 1.15 bits per heavy atom. The minimum Gasteiger partial charge on any atom is -0.366 e. The van der Waals surface area contributed by atoms with Gasteiger partial charge in [-0.25, -0.2) is 19.7 Å². The van der Waals surface area contributed by atoms with Crippen LogP contribution in [-0.4, -0.2) is 46.1 Å². The molecule has 2 aromatic carbocycles. The van der Waals surface area contributed by atoms with Gasteiger partial charge in [0.1, 0.15) is 5.82 Å². The Morgan fingerprint density at radius 2 is 1.94 bits per heavy atom. The molecule has 0 amide bonds. The summed E-state index contributed by atoms with van der Waals surface area (Å²) in [5.41, 5.74) is 7.83. The zero-order chi connectivity index (χ0) is 23.7. The SMILES string of the molecule is CC1CNCCN1c1ccc(-c2cnc3c(-c4ccc(F)c(/C(=N/N)NN)c4)cnn3c2)cc1. The van der Waals surface area contributed by atoms with Crippen LogP contribution in [0.25, 0.3) is 27.9 Å². The molecule has 34 heavy (non-hydrogen) atoms. The van der Waals surface area contributed by atoms with Crippen LogP contribution in [-0.2, 0) is 0 Å². The molecule has 0 saturated carbocycles. The van der Waals surface area contributed by atoms with Crippen molar-refractivity contribution in [2.24, 2.45) is 16.8 Å².